The van der Waals surface area contributed by atoms with Crippen molar-refractivity contribution < 1.29 is 26.7 Å². The normalized spacial score (nSPS) is 14.9. The van der Waals surface area contributed by atoms with Gasteiger partial charge in [0.05, 0.1) is 16.5 Å². The minimum atomic E-state index is -4.91. The lowest BCUT2D eigenvalue weighted by Crippen LogP contribution is -2.37. The average molecular weight is 407 g/mol. The summed E-state index contributed by atoms with van der Waals surface area (Å²) in [6.07, 6.45) is -4.91. The third-order valence-electron chi connectivity index (χ3n) is 4.99. The third-order valence-corrected chi connectivity index (χ3v) is 4.99. The summed E-state index contributed by atoms with van der Waals surface area (Å²) < 4.78 is 65.6. The van der Waals surface area contributed by atoms with E-state index in [1.807, 2.05) is 18.7 Å². The molecule has 0 radical (unpaired) electrons. The van der Waals surface area contributed by atoms with Crippen LogP contribution < -0.4 is 10.2 Å². The Balaban J connectivity index is 2.03. The fourth-order valence-electron chi connectivity index (χ4n) is 3.39. The summed E-state index contributed by atoms with van der Waals surface area (Å²) in [6.45, 7) is 4.45. The molecule has 1 aliphatic rings. The van der Waals surface area contributed by atoms with E-state index in [0.717, 1.165) is 24.3 Å². The van der Waals surface area contributed by atoms with Crippen molar-refractivity contribution in [2.24, 2.45) is 0 Å². The molecule has 8 heteroatoms. The molecular formula is C21H17F4NO3. The Labute approximate surface area is 163 Å². The number of fused-ring (bicyclic) bond motifs is 3. The van der Waals surface area contributed by atoms with Gasteiger partial charge in [-0.2, -0.15) is 13.2 Å². The molecule has 0 saturated heterocycles. The first-order valence-corrected chi connectivity index (χ1v) is 8.99. The smallest absolute Gasteiger partial charge is 0.450 e. The second-order valence-electron chi connectivity index (χ2n) is 7.17. The summed E-state index contributed by atoms with van der Waals surface area (Å²) in [5.74, 6) is -1.63. The van der Waals surface area contributed by atoms with Crippen LogP contribution in [0.3, 0.4) is 0 Å². The number of rotatable bonds is 2. The molecule has 2 aromatic carbocycles. The molecule has 0 bridgehead atoms. The van der Waals surface area contributed by atoms with Gasteiger partial charge in [-0.3, -0.25) is 9.69 Å². The topological polar surface area (TPSA) is 42.7 Å². The van der Waals surface area contributed by atoms with Crippen molar-refractivity contribution in [2.45, 2.75) is 32.6 Å². The molecule has 0 N–H and O–H groups in total. The van der Waals surface area contributed by atoms with Crippen molar-refractivity contribution in [2.75, 3.05) is 6.73 Å². The number of alkyl halides is 3. The number of hydrogen-bond donors (Lipinski definition) is 0. The highest BCUT2D eigenvalue weighted by Gasteiger charge is 2.40. The summed E-state index contributed by atoms with van der Waals surface area (Å²) in [4.78, 5) is 15.0. The van der Waals surface area contributed by atoms with Crippen molar-refractivity contribution >= 4 is 11.0 Å². The molecule has 1 aliphatic heterocycles. The Morgan fingerprint density at radius 2 is 1.76 bits per heavy atom. The Bertz CT molecular complexity index is 1130. The maximum Gasteiger partial charge on any atom is 0.450 e. The number of nitrogens with zero attached hydrogens (tertiary/aromatic N) is 1. The van der Waals surface area contributed by atoms with Gasteiger partial charge < -0.3 is 9.15 Å². The Kier molecular flexibility index (Phi) is 4.61. The number of benzene rings is 2. The van der Waals surface area contributed by atoms with Gasteiger partial charge in [0.2, 0.25) is 11.2 Å². The zero-order chi connectivity index (χ0) is 20.9. The minimum absolute atomic E-state index is 0.0188. The maximum atomic E-state index is 13.8. The van der Waals surface area contributed by atoms with Crippen LogP contribution in [0.1, 0.15) is 25.2 Å². The van der Waals surface area contributed by atoms with E-state index in [1.54, 1.807) is 6.07 Å². The lowest BCUT2D eigenvalue weighted by atomic mass is 9.99. The summed E-state index contributed by atoms with van der Waals surface area (Å²) in [6, 6.07) is 7.31. The van der Waals surface area contributed by atoms with Gasteiger partial charge in [-0.15, -0.1) is 0 Å². The fourth-order valence-corrected chi connectivity index (χ4v) is 3.39. The average Bonchev–Trinajstić information content (AvgIpc) is 2.67. The lowest BCUT2D eigenvalue weighted by Gasteiger charge is -2.32. The van der Waals surface area contributed by atoms with Gasteiger partial charge in [0.1, 0.15) is 23.9 Å². The van der Waals surface area contributed by atoms with Crippen LogP contribution in [-0.4, -0.2) is 17.7 Å². The Hall–Kier alpha value is -2.87. The third kappa shape index (κ3) is 3.37. The van der Waals surface area contributed by atoms with Crippen LogP contribution in [0.25, 0.3) is 22.1 Å². The molecule has 3 aromatic rings. The predicted molar refractivity (Wildman–Crippen MR) is 99.1 cm³/mol. The van der Waals surface area contributed by atoms with Gasteiger partial charge in [0.15, 0.2) is 0 Å². The molecule has 0 atom stereocenters. The SMILES string of the molecule is CC(C)N1COc2ccc3c(=O)c(-c4ccc(F)cc4)c(C(F)(F)F)oc3c2C1. The zero-order valence-electron chi connectivity index (χ0n) is 15.6. The van der Waals surface area contributed by atoms with E-state index < -0.39 is 28.7 Å². The molecule has 4 rings (SSSR count). The number of ether oxygens (including phenoxy) is 1. The van der Waals surface area contributed by atoms with Crippen LogP contribution in [0.5, 0.6) is 5.75 Å². The molecule has 0 aliphatic carbocycles. The summed E-state index contributed by atoms with van der Waals surface area (Å²) >= 11 is 0. The highest BCUT2D eigenvalue weighted by atomic mass is 19.4. The lowest BCUT2D eigenvalue weighted by molar-refractivity contribution is -0.152. The molecule has 0 amide bonds. The zero-order valence-corrected chi connectivity index (χ0v) is 15.6. The van der Waals surface area contributed by atoms with Crippen LogP contribution in [0.4, 0.5) is 17.6 Å². The fraction of sp³-hybridized carbons (Fsp3) is 0.286. The molecule has 1 aromatic heterocycles. The highest BCUT2D eigenvalue weighted by molar-refractivity contribution is 5.87. The monoisotopic (exact) mass is 407 g/mol. The first kappa shape index (κ1) is 19.4. The molecule has 0 fully saturated rings. The van der Waals surface area contributed by atoms with E-state index in [2.05, 4.69) is 0 Å². The maximum absolute atomic E-state index is 13.8. The Morgan fingerprint density at radius 1 is 1.07 bits per heavy atom. The molecule has 0 spiro atoms. The van der Waals surface area contributed by atoms with E-state index in [4.69, 9.17) is 9.15 Å². The quantitative estimate of drug-likeness (QED) is 0.549. The van der Waals surface area contributed by atoms with Crippen molar-refractivity contribution in [3.63, 3.8) is 0 Å². The molecule has 152 valence electrons. The molecular weight excluding hydrogens is 390 g/mol. The van der Waals surface area contributed by atoms with E-state index in [-0.39, 0.29) is 22.6 Å². The molecule has 2 heterocycles. The van der Waals surface area contributed by atoms with Gasteiger partial charge in [-0.05, 0) is 43.7 Å². The van der Waals surface area contributed by atoms with E-state index in [1.165, 1.54) is 6.07 Å². The number of hydrogen-bond acceptors (Lipinski definition) is 4. The molecule has 4 nitrogen and oxygen atoms in total. The largest absolute Gasteiger partial charge is 0.478 e. The second-order valence-corrected chi connectivity index (χ2v) is 7.17. The summed E-state index contributed by atoms with van der Waals surface area (Å²) in [5, 5.41) is 0.0188. The molecule has 0 saturated carbocycles. The Morgan fingerprint density at radius 3 is 2.38 bits per heavy atom. The minimum Gasteiger partial charge on any atom is -0.478 e. The first-order chi connectivity index (χ1) is 13.7. The predicted octanol–water partition coefficient (Wildman–Crippen LogP) is 5.18. The van der Waals surface area contributed by atoms with Crippen LogP contribution >= 0.6 is 0 Å². The second kappa shape index (κ2) is 6.88. The standard InChI is InChI=1S/C21H17F4NO3/c1-11(2)26-9-15-16(28-10-26)8-7-14-18(27)17(12-3-5-13(22)6-4-12)20(21(23,24)25)29-19(14)15/h3-8,11H,9-10H2,1-2H3. The van der Waals surface area contributed by atoms with Crippen molar-refractivity contribution in [3.05, 3.63) is 63.8 Å². The van der Waals surface area contributed by atoms with E-state index >= 15 is 0 Å². The van der Waals surface area contributed by atoms with Crippen LogP contribution in [-0.2, 0) is 12.7 Å². The van der Waals surface area contributed by atoms with Gasteiger partial charge in [0.25, 0.3) is 0 Å². The van der Waals surface area contributed by atoms with Gasteiger partial charge in [-0.1, -0.05) is 12.1 Å². The van der Waals surface area contributed by atoms with Crippen molar-refractivity contribution in [3.8, 4) is 16.9 Å². The van der Waals surface area contributed by atoms with Crippen molar-refractivity contribution in [1.82, 2.24) is 4.90 Å². The highest BCUT2D eigenvalue weighted by Crippen LogP contribution is 2.40. The van der Waals surface area contributed by atoms with E-state index in [9.17, 15) is 22.4 Å². The molecule has 0 unspecified atom stereocenters. The van der Waals surface area contributed by atoms with Crippen LogP contribution in [0.2, 0.25) is 0 Å². The van der Waals surface area contributed by atoms with Crippen LogP contribution in [0, 0.1) is 5.82 Å². The van der Waals surface area contributed by atoms with E-state index in [0.29, 0.717) is 24.6 Å². The van der Waals surface area contributed by atoms with Gasteiger partial charge in [0, 0.05) is 12.6 Å². The van der Waals surface area contributed by atoms with Crippen molar-refractivity contribution in [1.29, 1.82) is 0 Å². The summed E-state index contributed by atoms with van der Waals surface area (Å²) in [7, 11) is 0. The number of halogens is 4. The molecule has 29 heavy (non-hydrogen) atoms. The summed E-state index contributed by atoms with van der Waals surface area (Å²) in [5.41, 5.74) is -1.27. The van der Waals surface area contributed by atoms with Gasteiger partial charge >= 0.3 is 6.18 Å². The van der Waals surface area contributed by atoms with Gasteiger partial charge in [-0.25, -0.2) is 4.39 Å². The van der Waals surface area contributed by atoms with Crippen LogP contribution in [0.15, 0.2) is 45.6 Å². The first-order valence-electron chi connectivity index (χ1n) is 8.99.